The molecule has 2 aromatic rings. The van der Waals surface area contributed by atoms with E-state index in [0.717, 1.165) is 12.8 Å². The van der Waals surface area contributed by atoms with E-state index in [1.807, 2.05) is 6.07 Å². The summed E-state index contributed by atoms with van der Waals surface area (Å²) in [6, 6.07) is 9.59. The zero-order valence-electron chi connectivity index (χ0n) is 15.0. The molecular weight excluding hydrogens is 367 g/mol. The number of benzene rings is 1. The predicted molar refractivity (Wildman–Crippen MR) is 102 cm³/mol. The second-order valence-corrected chi connectivity index (χ2v) is 7.71. The average Bonchev–Trinajstić information content (AvgIpc) is 3.36. The Morgan fingerprint density at radius 1 is 1.07 bits per heavy atom. The van der Waals surface area contributed by atoms with Crippen molar-refractivity contribution in [3.8, 4) is 5.75 Å². The molecule has 3 rings (SSSR count). The lowest BCUT2D eigenvalue weighted by atomic mass is 9.84. The van der Waals surface area contributed by atoms with E-state index in [2.05, 4.69) is 22.1 Å². The zero-order chi connectivity index (χ0) is 19.1. The molecule has 0 radical (unpaired) electrons. The molecule has 1 saturated carbocycles. The van der Waals surface area contributed by atoms with Gasteiger partial charge in [-0.1, -0.05) is 18.9 Å². The molecule has 1 heterocycles. The van der Waals surface area contributed by atoms with Crippen LogP contribution in [0.3, 0.4) is 0 Å². The first kappa shape index (κ1) is 19.4. The molecule has 7 heteroatoms. The van der Waals surface area contributed by atoms with E-state index in [1.165, 1.54) is 42.0 Å². The molecule has 0 spiro atoms. The van der Waals surface area contributed by atoms with Gasteiger partial charge in [0.05, 0.1) is 6.54 Å². The molecule has 1 aromatic heterocycles. The summed E-state index contributed by atoms with van der Waals surface area (Å²) in [5.74, 6) is -0.586. The van der Waals surface area contributed by atoms with Gasteiger partial charge < -0.3 is 15.4 Å². The van der Waals surface area contributed by atoms with Crippen molar-refractivity contribution in [3.63, 3.8) is 0 Å². The minimum atomic E-state index is -0.400. The van der Waals surface area contributed by atoms with Gasteiger partial charge in [-0.05, 0) is 48.6 Å². The van der Waals surface area contributed by atoms with E-state index in [0.29, 0.717) is 12.3 Å². The standard InChI is InChI=1S/C20H23FN2O3S/c21-15-5-7-16(8-6-15)26-13-19(25)22-12-18(24)23-14-20(9-1-2-10-20)17-4-3-11-27-17/h3-8,11H,1-2,9-10,12-14H2,(H,22,25)(H,23,24). The lowest BCUT2D eigenvalue weighted by Gasteiger charge is -2.28. The Hall–Kier alpha value is -2.41. The van der Waals surface area contributed by atoms with E-state index < -0.39 is 5.91 Å². The van der Waals surface area contributed by atoms with Gasteiger partial charge in [0.25, 0.3) is 5.91 Å². The summed E-state index contributed by atoms with van der Waals surface area (Å²) in [7, 11) is 0. The first-order valence-electron chi connectivity index (χ1n) is 9.03. The SMILES string of the molecule is O=C(CNC(=O)COc1ccc(F)cc1)NCC1(c2cccs2)CCCC1. The number of ether oxygens (including phenoxy) is 1. The van der Waals surface area contributed by atoms with Crippen LogP contribution >= 0.6 is 11.3 Å². The lowest BCUT2D eigenvalue weighted by molar-refractivity contribution is -0.127. The summed E-state index contributed by atoms with van der Waals surface area (Å²) in [5, 5.41) is 7.57. The van der Waals surface area contributed by atoms with Crippen molar-refractivity contribution in [2.45, 2.75) is 31.1 Å². The summed E-state index contributed by atoms with van der Waals surface area (Å²) in [6.45, 7) is 0.276. The van der Waals surface area contributed by atoms with Gasteiger partial charge >= 0.3 is 0 Å². The first-order valence-corrected chi connectivity index (χ1v) is 9.91. The fourth-order valence-electron chi connectivity index (χ4n) is 3.38. The fraction of sp³-hybridized carbons (Fsp3) is 0.400. The molecule has 1 aliphatic carbocycles. The highest BCUT2D eigenvalue weighted by Crippen LogP contribution is 2.42. The van der Waals surface area contributed by atoms with Gasteiger partial charge in [-0.15, -0.1) is 11.3 Å². The zero-order valence-corrected chi connectivity index (χ0v) is 15.8. The van der Waals surface area contributed by atoms with Crippen molar-refractivity contribution in [2.75, 3.05) is 19.7 Å². The van der Waals surface area contributed by atoms with E-state index in [-0.39, 0.29) is 30.3 Å². The molecule has 1 fully saturated rings. The summed E-state index contributed by atoms with van der Waals surface area (Å²) in [4.78, 5) is 25.2. The van der Waals surface area contributed by atoms with Crippen molar-refractivity contribution < 1.29 is 18.7 Å². The Kier molecular flexibility index (Phi) is 6.45. The molecule has 0 atom stereocenters. The molecule has 0 bridgehead atoms. The maximum Gasteiger partial charge on any atom is 0.258 e. The van der Waals surface area contributed by atoms with Crippen molar-refractivity contribution in [3.05, 3.63) is 52.5 Å². The van der Waals surface area contributed by atoms with Gasteiger partial charge in [-0.2, -0.15) is 0 Å². The quantitative estimate of drug-likeness (QED) is 0.728. The maximum absolute atomic E-state index is 12.8. The highest BCUT2D eigenvalue weighted by molar-refractivity contribution is 7.10. The number of amides is 2. The molecule has 1 aliphatic rings. The minimum absolute atomic E-state index is 0.0273. The second kappa shape index (κ2) is 8.99. The first-order chi connectivity index (χ1) is 13.1. The number of carbonyl (C=O) groups is 2. The highest BCUT2D eigenvalue weighted by Gasteiger charge is 2.36. The third-order valence-corrected chi connectivity index (χ3v) is 5.97. The topological polar surface area (TPSA) is 67.4 Å². The van der Waals surface area contributed by atoms with Crippen LogP contribution in [0.15, 0.2) is 41.8 Å². The molecule has 1 aromatic carbocycles. The van der Waals surface area contributed by atoms with Crippen LogP contribution in [-0.4, -0.2) is 31.5 Å². The van der Waals surface area contributed by atoms with E-state index in [4.69, 9.17) is 4.74 Å². The van der Waals surface area contributed by atoms with E-state index in [1.54, 1.807) is 11.3 Å². The Bertz CT molecular complexity index is 756. The molecule has 2 amide bonds. The Balaban J connectivity index is 1.40. The van der Waals surface area contributed by atoms with Crippen molar-refractivity contribution in [1.82, 2.24) is 10.6 Å². The number of carbonyl (C=O) groups excluding carboxylic acids is 2. The molecule has 5 nitrogen and oxygen atoms in total. The van der Waals surface area contributed by atoms with Gasteiger partial charge in [0.1, 0.15) is 11.6 Å². The number of rotatable bonds is 8. The van der Waals surface area contributed by atoms with Crippen molar-refractivity contribution >= 4 is 23.2 Å². The van der Waals surface area contributed by atoms with Crippen LogP contribution in [0.5, 0.6) is 5.75 Å². The third kappa shape index (κ3) is 5.29. The molecule has 0 saturated heterocycles. The maximum atomic E-state index is 12.8. The number of halogens is 1. The Morgan fingerprint density at radius 3 is 2.48 bits per heavy atom. The van der Waals surface area contributed by atoms with Crippen LogP contribution in [0.25, 0.3) is 0 Å². The number of hydrogen-bond acceptors (Lipinski definition) is 4. The van der Waals surface area contributed by atoms with Gasteiger partial charge in [-0.3, -0.25) is 9.59 Å². The second-order valence-electron chi connectivity index (χ2n) is 6.76. The summed E-state index contributed by atoms with van der Waals surface area (Å²) < 4.78 is 18.1. The van der Waals surface area contributed by atoms with Crippen molar-refractivity contribution in [2.24, 2.45) is 0 Å². The Labute approximate surface area is 161 Å². The molecule has 144 valence electrons. The summed E-state index contributed by atoms with van der Waals surface area (Å²) in [6.07, 6.45) is 4.49. The monoisotopic (exact) mass is 390 g/mol. The van der Waals surface area contributed by atoms with Gasteiger partial charge in [0.2, 0.25) is 5.91 Å². The van der Waals surface area contributed by atoms with Crippen LogP contribution in [0, 0.1) is 5.82 Å². The highest BCUT2D eigenvalue weighted by atomic mass is 32.1. The third-order valence-electron chi connectivity index (χ3n) is 4.86. The smallest absolute Gasteiger partial charge is 0.258 e. The molecular formula is C20H23FN2O3S. The average molecular weight is 390 g/mol. The van der Waals surface area contributed by atoms with Crippen LogP contribution in [0.2, 0.25) is 0 Å². The normalized spacial score (nSPS) is 15.3. The van der Waals surface area contributed by atoms with Crippen LogP contribution in [0.4, 0.5) is 4.39 Å². The molecule has 2 N–H and O–H groups in total. The predicted octanol–water partition coefficient (Wildman–Crippen LogP) is 3.01. The summed E-state index contributed by atoms with van der Waals surface area (Å²) in [5.41, 5.74) is 0.0273. The molecule has 27 heavy (non-hydrogen) atoms. The number of nitrogens with one attached hydrogen (secondary N) is 2. The van der Waals surface area contributed by atoms with Gasteiger partial charge in [-0.25, -0.2) is 4.39 Å². The van der Waals surface area contributed by atoms with Crippen molar-refractivity contribution in [1.29, 1.82) is 0 Å². The van der Waals surface area contributed by atoms with Crippen LogP contribution in [-0.2, 0) is 15.0 Å². The number of thiophene rings is 1. The molecule has 0 unspecified atom stereocenters. The summed E-state index contributed by atoms with van der Waals surface area (Å²) >= 11 is 1.73. The Morgan fingerprint density at radius 2 is 1.81 bits per heavy atom. The fourth-order valence-corrected chi connectivity index (χ4v) is 4.37. The van der Waals surface area contributed by atoms with Crippen LogP contribution < -0.4 is 15.4 Å². The van der Waals surface area contributed by atoms with Gasteiger partial charge in [0.15, 0.2) is 6.61 Å². The molecule has 0 aliphatic heterocycles. The van der Waals surface area contributed by atoms with Crippen LogP contribution in [0.1, 0.15) is 30.6 Å². The minimum Gasteiger partial charge on any atom is -0.484 e. The van der Waals surface area contributed by atoms with Gasteiger partial charge in [0, 0.05) is 16.8 Å². The largest absolute Gasteiger partial charge is 0.484 e. The van der Waals surface area contributed by atoms with E-state index >= 15 is 0 Å². The lowest BCUT2D eigenvalue weighted by Crippen LogP contribution is -2.44. The van der Waals surface area contributed by atoms with E-state index in [9.17, 15) is 14.0 Å². The number of hydrogen-bond donors (Lipinski definition) is 2.